The average Bonchev–Trinajstić information content (AvgIpc) is 3.05. The summed E-state index contributed by atoms with van der Waals surface area (Å²) in [7, 11) is 1.23. The zero-order valence-corrected chi connectivity index (χ0v) is 20.3. The number of nitrogens with zero attached hydrogens (tertiary/aromatic N) is 1. The van der Waals surface area contributed by atoms with Crippen molar-refractivity contribution in [1.29, 1.82) is 0 Å². The van der Waals surface area contributed by atoms with Gasteiger partial charge in [-0.05, 0) is 69.7 Å². The molecule has 0 atom stereocenters. The minimum Gasteiger partial charge on any atom is -0.495 e. The third-order valence-electron chi connectivity index (χ3n) is 4.54. The zero-order chi connectivity index (χ0) is 25.8. The molecule has 1 fully saturated rings. The Hall–Kier alpha value is -3.43. The van der Waals surface area contributed by atoms with Crippen LogP contribution in [0.5, 0.6) is 11.5 Å². The van der Waals surface area contributed by atoms with Crippen molar-refractivity contribution < 1.29 is 37.0 Å². The maximum Gasteiger partial charge on any atom is 0.416 e. The molecule has 0 bridgehead atoms. The second-order valence-electron chi connectivity index (χ2n) is 6.91. The Morgan fingerprint density at radius 3 is 2.57 bits per heavy atom. The van der Waals surface area contributed by atoms with Crippen LogP contribution in [0.25, 0.3) is 6.08 Å². The normalized spacial score (nSPS) is 14.7. The number of halogens is 4. The molecule has 1 N–H and O–H groups in total. The van der Waals surface area contributed by atoms with Crippen LogP contribution in [0.2, 0.25) is 0 Å². The number of rotatable bonds is 7. The number of ether oxygens (including phenoxy) is 2. The maximum absolute atomic E-state index is 13.0. The van der Waals surface area contributed by atoms with E-state index >= 15 is 0 Å². The second-order valence-corrected chi connectivity index (χ2v) is 8.76. The molecule has 7 nitrogen and oxygen atoms in total. The van der Waals surface area contributed by atoms with Crippen LogP contribution >= 0.6 is 27.7 Å². The van der Waals surface area contributed by atoms with Gasteiger partial charge in [0.05, 0.1) is 27.7 Å². The summed E-state index contributed by atoms with van der Waals surface area (Å²) in [6.07, 6.45) is 2.00. The van der Waals surface area contributed by atoms with Crippen LogP contribution in [-0.2, 0) is 15.8 Å². The largest absolute Gasteiger partial charge is 0.495 e. The van der Waals surface area contributed by atoms with Crippen LogP contribution in [-0.4, -0.2) is 42.2 Å². The Balaban J connectivity index is 1.73. The van der Waals surface area contributed by atoms with E-state index in [0.717, 1.165) is 12.1 Å². The highest BCUT2D eigenvalue weighted by atomic mass is 79.9. The second kappa shape index (κ2) is 10.9. The van der Waals surface area contributed by atoms with E-state index in [1.807, 2.05) is 0 Å². The number of carbonyl (C=O) groups excluding carboxylic acids is 3. The molecular weight excluding hydrogens is 553 g/mol. The van der Waals surface area contributed by atoms with Gasteiger partial charge in [0.15, 0.2) is 0 Å². The number of amides is 3. The van der Waals surface area contributed by atoms with E-state index in [0.29, 0.717) is 38.5 Å². The third kappa shape index (κ3) is 6.37. The number of anilines is 1. The number of thioether (sulfide) groups is 1. The fourth-order valence-electron chi connectivity index (χ4n) is 2.95. The van der Waals surface area contributed by atoms with Crippen molar-refractivity contribution in [2.75, 3.05) is 25.6 Å². The first-order valence-electron chi connectivity index (χ1n) is 9.69. The maximum atomic E-state index is 13.0. The summed E-state index contributed by atoms with van der Waals surface area (Å²) >= 11 is 3.97. The Bertz CT molecular complexity index is 1260. The molecule has 1 heterocycles. The minimum atomic E-state index is -4.64. The summed E-state index contributed by atoms with van der Waals surface area (Å²) in [5, 5.41) is 1.57. The lowest BCUT2D eigenvalue weighted by molar-refractivity contribution is -0.137. The van der Waals surface area contributed by atoms with Crippen molar-refractivity contribution in [3.05, 3.63) is 56.9 Å². The standard InChI is InChI=1S/C23H16BrF3N2O5S/c1-3-8-34-17-6-4-13(9-15(17)24)10-19-21(31)29(22(32)35-19)12-20(30)28-16-11-14(23(25,26)27)5-7-18(16)33-2/h1,4-7,9-11H,8,12H2,2H3,(H,28,30)/b19-10-. The number of carbonyl (C=O) groups is 3. The highest BCUT2D eigenvalue weighted by molar-refractivity contribution is 9.10. The molecule has 0 aromatic heterocycles. The van der Waals surface area contributed by atoms with Crippen LogP contribution in [0.15, 0.2) is 45.8 Å². The van der Waals surface area contributed by atoms with Crippen LogP contribution in [0.4, 0.5) is 23.7 Å². The molecule has 1 aliphatic rings. The van der Waals surface area contributed by atoms with Crippen molar-refractivity contribution in [3.8, 4) is 23.8 Å². The number of methoxy groups -OCH3 is 1. The molecule has 12 heteroatoms. The van der Waals surface area contributed by atoms with Gasteiger partial charge in [-0.3, -0.25) is 19.3 Å². The van der Waals surface area contributed by atoms with Gasteiger partial charge in [0.25, 0.3) is 11.1 Å². The van der Waals surface area contributed by atoms with Crippen molar-refractivity contribution >= 4 is 56.5 Å². The van der Waals surface area contributed by atoms with Crippen molar-refractivity contribution in [3.63, 3.8) is 0 Å². The first-order valence-corrected chi connectivity index (χ1v) is 11.3. The summed E-state index contributed by atoms with van der Waals surface area (Å²) in [6.45, 7) is -0.616. The smallest absolute Gasteiger partial charge is 0.416 e. The van der Waals surface area contributed by atoms with Crippen molar-refractivity contribution in [2.24, 2.45) is 0 Å². The van der Waals surface area contributed by atoms with Gasteiger partial charge in [-0.2, -0.15) is 13.2 Å². The van der Waals surface area contributed by atoms with Gasteiger partial charge in [-0.15, -0.1) is 6.42 Å². The lowest BCUT2D eigenvalue weighted by atomic mass is 10.1. The molecule has 0 saturated carbocycles. The quantitative estimate of drug-likeness (QED) is 0.366. The molecule has 0 spiro atoms. The van der Waals surface area contributed by atoms with Gasteiger partial charge in [0.2, 0.25) is 5.91 Å². The first-order chi connectivity index (χ1) is 16.5. The number of terminal acetylenes is 1. The van der Waals surface area contributed by atoms with E-state index in [2.05, 4.69) is 27.2 Å². The zero-order valence-electron chi connectivity index (χ0n) is 17.9. The number of hydrogen-bond acceptors (Lipinski definition) is 6. The minimum absolute atomic E-state index is 0.0133. The van der Waals surface area contributed by atoms with Gasteiger partial charge in [-0.1, -0.05) is 12.0 Å². The monoisotopic (exact) mass is 568 g/mol. The lowest BCUT2D eigenvalue weighted by Crippen LogP contribution is -2.36. The van der Waals surface area contributed by atoms with E-state index in [-0.39, 0.29) is 22.9 Å². The van der Waals surface area contributed by atoms with E-state index in [1.165, 1.54) is 13.2 Å². The predicted molar refractivity (Wildman–Crippen MR) is 128 cm³/mol. The SMILES string of the molecule is C#CCOc1ccc(/C=C2\SC(=O)N(CC(=O)Nc3cc(C(F)(F)F)ccc3OC)C2=O)cc1Br. The topological polar surface area (TPSA) is 84.9 Å². The number of benzene rings is 2. The summed E-state index contributed by atoms with van der Waals surface area (Å²) in [6, 6.07) is 7.51. The van der Waals surface area contributed by atoms with Crippen LogP contribution < -0.4 is 14.8 Å². The van der Waals surface area contributed by atoms with Gasteiger partial charge >= 0.3 is 6.18 Å². The lowest BCUT2D eigenvalue weighted by Gasteiger charge is -2.16. The summed E-state index contributed by atoms with van der Waals surface area (Å²) < 4.78 is 50.0. The fourth-order valence-corrected chi connectivity index (χ4v) is 4.30. The predicted octanol–water partition coefficient (Wildman–Crippen LogP) is 5.16. The number of hydrogen-bond donors (Lipinski definition) is 1. The molecule has 0 unspecified atom stereocenters. The first kappa shape index (κ1) is 26.2. The number of nitrogens with one attached hydrogen (secondary N) is 1. The van der Waals surface area contributed by atoms with Crippen molar-refractivity contribution in [1.82, 2.24) is 4.90 Å². The molecule has 2 aromatic rings. The number of imide groups is 1. The average molecular weight is 569 g/mol. The molecule has 1 aliphatic heterocycles. The van der Waals surface area contributed by atoms with Gasteiger partial charge in [-0.25, -0.2) is 0 Å². The van der Waals surface area contributed by atoms with Gasteiger partial charge in [0.1, 0.15) is 24.7 Å². The fraction of sp³-hybridized carbons (Fsp3) is 0.174. The Kier molecular flexibility index (Phi) is 8.14. The Morgan fingerprint density at radius 1 is 1.23 bits per heavy atom. The highest BCUT2D eigenvalue weighted by Gasteiger charge is 2.37. The Morgan fingerprint density at radius 2 is 1.94 bits per heavy atom. The van der Waals surface area contributed by atoms with E-state index < -0.39 is 35.3 Å². The molecule has 1 saturated heterocycles. The summed E-state index contributed by atoms with van der Waals surface area (Å²) in [4.78, 5) is 38.3. The van der Waals surface area contributed by atoms with Crippen molar-refractivity contribution in [2.45, 2.75) is 6.18 Å². The summed E-state index contributed by atoms with van der Waals surface area (Å²) in [5.41, 5.74) is -0.662. The molecule has 3 amide bonds. The molecule has 0 aliphatic carbocycles. The van der Waals surface area contributed by atoms with E-state index in [1.54, 1.807) is 18.2 Å². The third-order valence-corrected chi connectivity index (χ3v) is 6.07. The summed E-state index contributed by atoms with van der Waals surface area (Å²) in [5.74, 6) is 1.24. The van der Waals surface area contributed by atoms with E-state index in [4.69, 9.17) is 15.9 Å². The van der Waals surface area contributed by atoms with Gasteiger partial charge < -0.3 is 14.8 Å². The van der Waals surface area contributed by atoms with Gasteiger partial charge in [0, 0.05) is 0 Å². The number of alkyl halides is 3. The molecule has 2 aromatic carbocycles. The highest BCUT2D eigenvalue weighted by Crippen LogP contribution is 2.36. The molecule has 0 radical (unpaired) electrons. The molecule has 182 valence electrons. The van der Waals surface area contributed by atoms with Crippen LogP contribution in [0, 0.1) is 12.3 Å². The molecular formula is C23H16BrF3N2O5S. The van der Waals surface area contributed by atoms with E-state index in [9.17, 15) is 27.6 Å². The Labute approximate surface area is 210 Å². The molecule has 35 heavy (non-hydrogen) atoms. The molecule has 3 rings (SSSR count). The van der Waals surface area contributed by atoms with Crippen LogP contribution in [0.3, 0.4) is 0 Å². The van der Waals surface area contributed by atoms with Crippen LogP contribution in [0.1, 0.15) is 11.1 Å².